The van der Waals surface area contributed by atoms with Crippen molar-refractivity contribution in [2.45, 2.75) is 0 Å². The Hall–Kier alpha value is -7.63. The molecule has 4 aromatic heterocycles. The lowest BCUT2D eigenvalue weighted by Crippen LogP contribution is -2.00. The van der Waals surface area contributed by atoms with Crippen molar-refractivity contribution in [3.63, 3.8) is 0 Å². The van der Waals surface area contributed by atoms with E-state index in [0.717, 1.165) is 27.8 Å². The molecular formula is C51H29N5. The molecule has 0 aliphatic heterocycles. The first-order valence-corrected chi connectivity index (χ1v) is 19.0. The van der Waals surface area contributed by atoms with Crippen molar-refractivity contribution in [1.82, 2.24) is 23.9 Å². The molecule has 0 spiro atoms. The Morgan fingerprint density at radius 3 is 1.70 bits per heavy atom. The van der Waals surface area contributed by atoms with Gasteiger partial charge >= 0.3 is 0 Å². The summed E-state index contributed by atoms with van der Waals surface area (Å²) in [5.74, 6) is 1.94. The lowest BCUT2D eigenvalue weighted by atomic mass is 9.98. The van der Waals surface area contributed by atoms with E-state index in [-0.39, 0.29) is 0 Å². The van der Waals surface area contributed by atoms with E-state index in [2.05, 4.69) is 167 Å². The highest BCUT2D eigenvalue weighted by molar-refractivity contribution is 6.37. The van der Waals surface area contributed by atoms with Crippen molar-refractivity contribution in [2.75, 3.05) is 0 Å². The molecule has 0 saturated heterocycles. The zero-order valence-corrected chi connectivity index (χ0v) is 30.0. The maximum Gasteiger partial charge on any atom is 0.164 e. The summed E-state index contributed by atoms with van der Waals surface area (Å²) in [6.07, 6.45) is 0. The Balaban J connectivity index is 1.04. The molecule has 9 aromatic carbocycles. The molecule has 0 N–H and O–H groups in total. The number of aromatic nitrogens is 5. The minimum atomic E-state index is 0.641. The van der Waals surface area contributed by atoms with Crippen LogP contribution in [0, 0.1) is 0 Å². The average Bonchev–Trinajstić information content (AvgIpc) is 3.75. The predicted molar refractivity (Wildman–Crippen MR) is 231 cm³/mol. The first-order chi connectivity index (χ1) is 27.8. The zero-order chi connectivity index (χ0) is 36.5. The second-order valence-electron chi connectivity index (χ2n) is 14.8. The minimum absolute atomic E-state index is 0.641. The van der Waals surface area contributed by atoms with Crippen molar-refractivity contribution >= 4 is 81.4 Å². The van der Waals surface area contributed by atoms with Gasteiger partial charge < -0.3 is 8.97 Å². The Bertz CT molecular complexity index is 3690. The summed E-state index contributed by atoms with van der Waals surface area (Å²) >= 11 is 0. The van der Waals surface area contributed by atoms with Crippen molar-refractivity contribution < 1.29 is 0 Å². The van der Waals surface area contributed by atoms with Crippen LogP contribution in [0.2, 0.25) is 0 Å². The van der Waals surface area contributed by atoms with E-state index in [1.165, 1.54) is 76.1 Å². The van der Waals surface area contributed by atoms with E-state index >= 15 is 0 Å². The fourth-order valence-corrected chi connectivity index (χ4v) is 9.37. The van der Waals surface area contributed by atoms with E-state index in [4.69, 9.17) is 15.0 Å². The first kappa shape index (κ1) is 29.8. The van der Waals surface area contributed by atoms with Crippen molar-refractivity contribution in [2.24, 2.45) is 0 Å². The van der Waals surface area contributed by atoms with Crippen LogP contribution in [0.15, 0.2) is 176 Å². The van der Waals surface area contributed by atoms with Gasteiger partial charge in [0.2, 0.25) is 0 Å². The van der Waals surface area contributed by atoms with E-state index in [1.807, 2.05) is 18.2 Å². The molecule has 5 nitrogen and oxygen atoms in total. The molecule has 0 aliphatic carbocycles. The van der Waals surface area contributed by atoms with Gasteiger partial charge in [-0.05, 0) is 76.1 Å². The number of nitrogens with zero attached hydrogens (tertiary/aromatic N) is 5. The third-order valence-corrected chi connectivity index (χ3v) is 11.8. The highest BCUT2D eigenvalue weighted by atomic mass is 15.0. The number of benzene rings is 9. The topological polar surface area (TPSA) is 48.0 Å². The fraction of sp³-hybridized carbons (Fsp3) is 0. The third-order valence-electron chi connectivity index (χ3n) is 11.8. The van der Waals surface area contributed by atoms with Gasteiger partial charge in [-0.3, -0.25) is 0 Å². The van der Waals surface area contributed by atoms with Crippen LogP contribution in [0.25, 0.3) is 121 Å². The molecule has 5 heteroatoms. The lowest BCUT2D eigenvalue weighted by molar-refractivity contribution is 1.07. The van der Waals surface area contributed by atoms with Crippen molar-refractivity contribution in [3.05, 3.63) is 176 Å². The SMILES string of the molecule is c1ccc(-c2nc(-c3ccc(-n4c5ccc6cccc7c6c5c5c6c(ccc8c9ccccc9n7c86)ccc54)cc3)nc(-c3ccc4ccccc4c3)n2)cc1. The van der Waals surface area contributed by atoms with Crippen LogP contribution < -0.4 is 0 Å². The van der Waals surface area contributed by atoms with Gasteiger partial charge in [-0.2, -0.15) is 0 Å². The fourth-order valence-electron chi connectivity index (χ4n) is 9.37. The first-order valence-electron chi connectivity index (χ1n) is 19.0. The summed E-state index contributed by atoms with van der Waals surface area (Å²) in [6.45, 7) is 0. The summed E-state index contributed by atoms with van der Waals surface area (Å²) in [6, 6.07) is 63.0. The van der Waals surface area contributed by atoms with E-state index in [9.17, 15) is 0 Å². The second-order valence-corrected chi connectivity index (χ2v) is 14.8. The molecule has 13 rings (SSSR count). The summed E-state index contributed by atoms with van der Waals surface area (Å²) in [4.78, 5) is 15.1. The van der Waals surface area contributed by atoms with Gasteiger partial charge in [0, 0.05) is 54.7 Å². The Labute approximate surface area is 320 Å². The molecule has 13 aromatic rings. The van der Waals surface area contributed by atoms with Gasteiger partial charge in [0.05, 0.1) is 27.6 Å². The smallest absolute Gasteiger partial charge is 0.164 e. The Morgan fingerprint density at radius 1 is 0.321 bits per heavy atom. The van der Waals surface area contributed by atoms with E-state index in [1.54, 1.807) is 0 Å². The number of fused-ring (bicyclic) bond motifs is 5. The van der Waals surface area contributed by atoms with Crippen molar-refractivity contribution in [1.29, 1.82) is 0 Å². The number of rotatable bonds is 4. The maximum absolute atomic E-state index is 5.09. The van der Waals surface area contributed by atoms with Crippen molar-refractivity contribution in [3.8, 4) is 39.9 Å². The summed E-state index contributed by atoms with van der Waals surface area (Å²) < 4.78 is 4.95. The van der Waals surface area contributed by atoms with Gasteiger partial charge in [-0.25, -0.2) is 15.0 Å². The van der Waals surface area contributed by atoms with Crippen LogP contribution in [0.1, 0.15) is 0 Å². The molecule has 0 aliphatic rings. The minimum Gasteiger partial charge on any atom is -0.309 e. The molecular weight excluding hydrogens is 683 g/mol. The second kappa shape index (κ2) is 11.0. The Kier molecular flexibility index (Phi) is 5.83. The van der Waals surface area contributed by atoms with Crippen LogP contribution in [0.4, 0.5) is 0 Å². The highest BCUT2D eigenvalue weighted by Crippen LogP contribution is 2.47. The van der Waals surface area contributed by atoms with Crippen LogP contribution >= 0.6 is 0 Å². The maximum atomic E-state index is 5.09. The van der Waals surface area contributed by atoms with Gasteiger partial charge in [0.15, 0.2) is 17.5 Å². The van der Waals surface area contributed by atoms with Gasteiger partial charge in [0.1, 0.15) is 0 Å². The van der Waals surface area contributed by atoms with Crippen LogP contribution in [-0.4, -0.2) is 23.9 Å². The molecule has 0 amide bonds. The summed E-state index contributed by atoms with van der Waals surface area (Å²) in [5.41, 5.74) is 10.1. The molecule has 258 valence electrons. The zero-order valence-electron chi connectivity index (χ0n) is 30.0. The van der Waals surface area contributed by atoms with E-state index in [0.29, 0.717) is 17.5 Å². The molecule has 0 fully saturated rings. The average molecular weight is 712 g/mol. The lowest BCUT2D eigenvalue weighted by Gasteiger charge is -2.12. The third kappa shape index (κ3) is 4.01. The molecule has 0 radical (unpaired) electrons. The van der Waals surface area contributed by atoms with Crippen LogP contribution in [-0.2, 0) is 0 Å². The predicted octanol–water partition coefficient (Wildman–Crippen LogP) is 12.9. The van der Waals surface area contributed by atoms with Crippen LogP contribution in [0.3, 0.4) is 0 Å². The molecule has 0 unspecified atom stereocenters. The number of hydrogen-bond donors (Lipinski definition) is 0. The molecule has 56 heavy (non-hydrogen) atoms. The Morgan fingerprint density at radius 2 is 0.893 bits per heavy atom. The number of hydrogen-bond acceptors (Lipinski definition) is 3. The monoisotopic (exact) mass is 711 g/mol. The molecule has 0 saturated carbocycles. The van der Waals surface area contributed by atoms with Gasteiger partial charge in [-0.15, -0.1) is 0 Å². The molecule has 0 atom stereocenters. The summed E-state index contributed by atoms with van der Waals surface area (Å²) in [7, 11) is 0. The van der Waals surface area contributed by atoms with E-state index < -0.39 is 0 Å². The normalized spacial score (nSPS) is 12.3. The molecule has 4 heterocycles. The summed E-state index contributed by atoms with van der Waals surface area (Å²) in [5, 5.41) is 12.6. The van der Waals surface area contributed by atoms with Crippen LogP contribution in [0.5, 0.6) is 0 Å². The molecule has 0 bridgehead atoms. The highest BCUT2D eigenvalue weighted by Gasteiger charge is 2.24. The quantitative estimate of drug-likeness (QED) is 0.183. The van der Waals surface area contributed by atoms with Gasteiger partial charge in [0.25, 0.3) is 0 Å². The largest absolute Gasteiger partial charge is 0.309 e. The van der Waals surface area contributed by atoms with Gasteiger partial charge in [-0.1, -0.05) is 121 Å². The number of para-hydroxylation sites is 1. The standard InChI is InChI=1S/C51H29N5/c1-2-10-33(11-3-1)49-52-50(54-51(53-49)36-18-17-30-9-4-5-12-35(30)29-36)34-19-24-37(25-20-34)55-42-27-22-31-13-8-16-41-44(31)46(42)47-43(55)28-23-32-21-26-39-38-14-6-7-15-40(38)56(41)48(39)45(32)47/h1-29H.